The summed E-state index contributed by atoms with van der Waals surface area (Å²) in [7, 11) is 0. The van der Waals surface area contributed by atoms with Gasteiger partial charge in [0.25, 0.3) is 0 Å². The average molecular weight is 1050 g/mol. The van der Waals surface area contributed by atoms with Gasteiger partial charge < -0.3 is 28.4 Å². The molecule has 6 nitrogen and oxygen atoms in total. The zero-order valence-corrected chi connectivity index (χ0v) is 43.6. The molecule has 0 N–H and O–H groups in total. The third kappa shape index (κ3) is 15.4. The van der Waals surface area contributed by atoms with Crippen LogP contribution in [-0.2, 0) is 39.6 Å². The van der Waals surface area contributed by atoms with E-state index in [1.54, 1.807) is 0 Å². The minimum Gasteiger partial charge on any atom is -0.489 e. The van der Waals surface area contributed by atoms with Gasteiger partial charge >= 0.3 is 0 Å². The van der Waals surface area contributed by atoms with Crippen LogP contribution in [0.5, 0.6) is 34.5 Å². The zero-order chi connectivity index (χ0) is 50.3. The quantitative estimate of drug-likeness (QED) is 0.0381. The normalized spacial score (nSPS) is 9.75. The fourth-order valence-corrected chi connectivity index (χ4v) is 8.04. The lowest BCUT2D eigenvalue weighted by Crippen LogP contribution is -2.21. The summed E-state index contributed by atoms with van der Waals surface area (Å²) >= 11 is 24.5. The second-order valence-electron chi connectivity index (χ2n) is 15.2. The van der Waals surface area contributed by atoms with Crippen molar-refractivity contribution in [1.29, 1.82) is 0 Å². The van der Waals surface area contributed by atoms with Crippen molar-refractivity contribution in [3.63, 3.8) is 0 Å². The van der Waals surface area contributed by atoms with E-state index >= 15 is 0 Å². The molecule has 0 radical (unpaired) electrons. The Hall–Kier alpha value is -7.20. The molecule has 12 heteroatoms. The number of rotatable bonds is 18. The first-order valence-electron chi connectivity index (χ1n) is 21.8. The van der Waals surface area contributed by atoms with Gasteiger partial charge in [-0.15, -0.1) is 0 Å². The number of hydrogen-bond acceptors (Lipinski definition) is 12. The highest BCUT2D eigenvalue weighted by Gasteiger charge is 2.27. The highest BCUT2D eigenvalue weighted by molar-refractivity contribution is 7.86. The molecule has 7 aromatic carbocycles. The predicted molar refractivity (Wildman–Crippen MR) is 306 cm³/mol. The van der Waals surface area contributed by atoms with Crippen LogP contribution in [0.2, 0.25) is 0 Å². The number of ether oxygens (including phenoxy) is 6. The molecule has 0 aliphatic carbocycles. The molecule has 0 atom stereocenters. The molecular weight excluding hydrogens is 1010 g/mol. The van der Waals surface area contributed by atoms with Crippen molar-refractivity contribution in [2.75, 3.05) is 0 Å². The molecule has 0 spiro atoms. The molecule has 0 saturated heterocycles. The first kappa shape index (κ1) is 52.6. The molecule has 0 fully saturated rings. The van der Waals surface area contributed by atoms with E-state index < -0.39 is 0 Å². The summed E-state index contributed by atoms with van der Waals surface area (Å²) in [5.74, 6) is 21.5. The standard InChI is InChI=1S/C60H42O6S6/c67-31-25-43-1-13-49(14-2-43)61-37-55-56(38-62-50-15-3-44(4-16-50)26-32-68)58(40-64-52-19-7-46(8-20-52)28-34-70)60(42-66-54-23-11-48(12-24-54)30-36-72)59(41-65-53-21-9-47(10-22-53)29-35-71)57(55)39-63-51-17-5-45(6-18-51)27-33-69/h1-24,67-72H,37-42H2. The highest BCUT2D eigenvalue weighted by atomic mass is 32.1. The minimum absolute atomic E-state index is 0.0882. The summed E-state index contributed by atoms with van der Waals surface area (Å²) in [5, 5.41) is 15.9. The van der Waals surface area contributed by atoms with Crippen molar-refractivity contribution in [3.8, 4) is 102 Å². The van der Waals surface area contributed by atoms with E-state index in [2.05, 4.69) is 143 Å². The van der Waals surface area contributed by atoms with E-state index in [9.17, 15) is 0 Å². The van der Waals surface area contributed by atoms with E-state index in [1.165, 1.54) is 0 Å². The Morgan fingerprint density at radius 3 is 0.444 bits per heavy atom. The SMILES string of the molecule is SC#Cc1ccc(OCc2c(COc3ccc(C#CS)cc3)c(COc3ccc(C#CS)cc3)c(COc3ccc(C#CS)cc3)c(COc3ccc(C#CS)cc3)c2COc2ccc(C#CS)cc2)cc1. The van der Waals surface area contributed by atoms with Crippen molar-refractivity contribution in [2.24, 2.45) is 0 Å². The molecular formula is C60H42O6S6. The molecule has 0 aliphatic rings. The van der Waals surface area contributed by atoms with E-state index in [1.807, 2.05) is 146 Å². The maximum atomic E-state index is 6.71. The summed E-state index contributed by atoms with van der Waals surface area (Å²) in [5.41, 5.74) is 9.51. The van der Waals surface area contributed by atoms with Crippen molar-refractivity contribution in [1.82, 2.24) is 0 Å². The summed E-state index contributed by atoms with van der Waals surface area (Å²) < 4.78 is 40.3. The minimum atomic E-state index is 0.0882. The summed E-state index contributed by atoms with van der Waals surface area (Å²) in [6, 6.07) is 45.0. The van der Waals surface area contributed by atoms with Gasteiger partial charge in [0.2, 0.25) is 0 Å². The van der Waals surface area contributed by atoms with Crippen molar-refractivity contribution in [2.45, 2.75) is 39.6 Å². The maximum absolute atomic E-state index is 6.71. The van der Waals surface area contributed by atoms with Crippen molar-refractivity contribution >= 4 is 75.8 Å². The van der Waals surface area contributed by atoms with Crippen LogP contribution in [0.15, 0.2) is 146 Å². The third-order valence-electron chi connectivity index (χ3n) is 10.8. The van der Waals surface area contributed by atoms with E-state index in [0.717, 1.165) is 66.8 Å². The molecule has 0 aliphatic heterocycles. The molecule has 0 aromatic heterocycles. The first-order chi connectivity index (χ1) is 35.4. The Morgan fingerprint density at radius 2 is 0.333 bits per heavy atom. The fourth-order valence-electron chi connectivity index (χ4n) is 7.27. The Morgan fingerprint density at radius 1 is 0.208 bits per heavy atom. The largest absolute Gasteiger partial charge is 0.489 e. The van der Waals surface area contributed by atoms with Gasteiger partial charge in [-0.3, -0.25) is 0 Å². The van der Waals surface area contributed by atoms with Crippen LogP contribution in [0.1, 0.15) is 66.8 Å². The summed E-state index contributed by atoms with van der Waals surface area (Å²) in [6.45, 7) is 0.529. The molecule has 0 amide bonds. The van der Waals surface area contributed by atoms with Crippen molar-refractivity contribution < 1.29 is 28.4 Å². The molecule has 72 heavy (non-hydrogen) atoms. The van der Waals surface area contributed by atoms with Crippen LogP contribution in [0.25, 0.3) is 0 Å². The number of thiol groups is 6. The molecule has 7 aromatic rings. The molecule has 354 valence electrons. The van der Waals surface area contributed by atoms with Gasteiger partial charge in [0, 0.05) is 66.8 Å². The second-order valence-corrected chi connectivity index (χ2v) is 16.5. The first-order valence-corrected chi connectivity index (χ1v) is 24.5. The summed E-state index contributed by atoms with van der Waals surface area (Å²) in [4.78, 5) is 0. The third-order valence-corrected chi connectivity index (χ3v) is 11.5. The lowest BCUT2D eigenvalue weighted by molar-refractivity contribution is 0.249. The number of hydrogen-bond donors (Lipinski definition) is 6. The molecule has 0 unspecified atom stereocenters. The van der Waals surface area contributed by atoms with Gasteiger partial charge in [0.15, 0.2) is 0 Å². The molecule has 0 bridgehead atoms. The zero-order valence-electron chi connectivity index (χ0n) is 38.2. The topological polar surface area (TPSA) is 55.4 Å². The van der Waals surface area contributed by atoms with Crippen molar-refractivity contribution in [3.05, 3.63) is 212 Å². The maximum Gasteiger partial charge on any atom is 0.119 e. The lowest BCUT2D eigenvalue weighted by atomic mass is 9.87. The molecule has 0 heterocycles. The van der Waals surface area contributed by atoms with Crippen LogP contribution in [0.3, 0.4) is 0 Å². The molecule has 0 saturated carbocycles. The van der Waals surface area contributed by atoms with Gasteiger partial charge in [-0.25, -0.2) is 0 Å². The van der Waals surface area contributed by atoms with E-state index in [-0.39, 0.29) is 39.6 Å². The fraction of sp³-hybridized carbons (Fsp3) is 0.100. The highest BCUT2D eigenvalue weighted by Crippen LogP contribution is 2.36. The van der Waals surface area contributed by atoms with Gasteiger partial charge in [0.1, 0.15) is 74.1 Å². The van der Waals surface area contributed by atoms with Gasteiger partial charge in [-0.05, 0) is 177 Å². The van der Waals surface area contributed by atoms with Gasteiger partial charge in [-0.1, -0.05) is 111 Å². The van der Waals surface area contributed by atoms with Crippen LogP contribution in [0, 0.1) is 67.0 Å². The predicted octanol–water partition coefficient (Wildman–Crippen LogP) is 12.6. The Bertz CT molecular complexity index is 2750. The Balaban J connectivity index is 1.45. The Labute approximate surface area is 454 Å². The van der Waals surface area contributed by atoms with Gasteiger partial charge in [-0.2, -0.15) is 0 Å². The van der Waals surface area contributed by atoms with Crippen LogP contribution < -0.4 is 28.4 Å². The van der Waals surface area contributed by atoms with Crippen LogP contribution >= 0.6 is 75.8 Å². The van der Waals surface area contributed by atoms with Gasteiger partial charge in [0.05, 0.1) is 0 Å². The second kappa shape index (κ2) is 28.0. The smallest absolute Gasteiger partial charge is 0.119 e. The monoisotopic (exact) mass is 1050 g/mol. The average Bonchev–Trinajstić information content (AvgIpc) is 3.40. The van der Waals surface area contributed by atoms with Crippen LogP contribution in [0.4, 0.5) is 0 Å². The summed E-state index contributed by atoms with van der Waals surface area (Å²) in [6.07, 6.45) is 0. The lowest BCUT2D eigenvalue weighted by Gasteiger charge is -2.27. The number of benzene rings is 7. The molecule has 7 rings (SSSR count). The van der Waals surface area contributed by atoms with E-state index in [4.69, 9.17) is 28.4 Å². The van der Waals surface area contributed by atoms with E-state index in [0.29, 0.717) is 34.5 Å². The Kier molecular flexibility index (Phi) is 20.5. The van der Waals surface area contributed by atoms with Crippen LogP contribution in [-0.4, -0.2) is 0 Å².